The Hall–Kier alpha value is -2.29. The minimum atomic E-state index is -4.72. The minimum Gasteiger partial charge on any atom is -0.481 e. The van der Waals surface area contributed by atoms with E-state index in [0.717, 1.165) is 6.07 Å². The molecule has 0 unspecified atom stereocenters. The van der Waals surface area contributed by atoms with Gasteiger partial charge in [-0.25, -0.2) is 0 Å². The second-order valence-corrected chi connectivity index (χ2v) is 4.65. The van der Waals surface area contributed by atoms with Crippen molar-refractivity contribution in [3.63, 3.8) is 0 Å². The molecule has 0 aliphatic carbocycles. The van der Waals surface area contributed by atoms with Gasteiger partial charge in [-0.15, -0.1) is 11.6 Å². The quantitative estimate of drug-likeness (QED) is 0.659. The molecule has 0 atom stereocenters. The highest BCUT2D eigenvalue weighted by Crippen LogP contribution is 2.32. The molecule has 25 heavy (non-hydrogen) atoms. The zero-order valence-electron chi connectivity index (χ0n) is 13.5. The van der Waals surface area contributed by atoms with Crippen molar-refractivity contribution in [3.8, 4) is 0 Å². The van der Waals surface area contributed by atoms with Gasteiger partial charge in [0.15, 0.2) is 0 Å². The molecular weight excluding hydrogens is 365 g/mol. The van der Waals surface area contributed by atoms with Crippen LogP contribution in [0.15, 0.2) is 18.2 Å². The van der Waals surface area contributed by atoms with Crippen LogP contribution in [0, 0.1) is 0 Å². The van der Waals surface area contributed by atoms with Crippen molar-refractivity contribution < 1.29 is 32.7 Å². The van der Waals surface area contributed by atoms with Crippen molar-refractivity contribution in [3.05, 3.63) is 29.3 Å². The molecule has 0 saturated heterocycles. The summed E-state index contributed by atoms with van der Waals surface area (Å²) in [5.41, 5.74) is -1.74. The van der Waals surface area contributed by atoms with Crippen LogP contribution in [0.2, 0.25) is 0 Å². The Morgan fingerprint density at radius 3 is 2.24 bits per heavy atom. The molecule has 0 fully saturated rings. The molecule has 3 N–H and O–H groups in total. The topological polar surface area (TPSA) is 95.5 Å². The van der Waals surface area contributed by atoms with Crippen molar-refractivity contribution in [1.82, 2.24) is 5.32 Å². The highest BCUT2D eigenvalue weighted by Gasteiger charge is 2.32. The summed E-state index contributed by atoms with van der Waals surface area (Å²) in [4.78, 5) is 33.3. The van der Waals surface area contributed by atoms with Crippen LogP contribution in [0.25, 0.3) is 0 Å². The van der Waals surface area contributed by atoms with E-state index >= 15 is 0 Å². The van der Waals surface area contributed by atoms with Crippen LogP contribution in [0.5, 0.6) is 0 Å². The van der Waals surface area contributed by atoms with Gasteiger partial charge in [-0.05, 0) is 18.2 Å². The predicted octanol–water partition coefficient (Wildman–Crippen LogP) is 3.11. The van der Waals surface area contributed by atoms with Crippen LogP contribution in [0.1, 0.15) is 36.2 Å². The lowest BCUT2D eigenvalue weighted by Crippen LogP contribution is -2.26. The largest absolute Gasteiger partial charge is 0.481 e. The van der Waals surface area contributed by atoms with Gasteiger partial charge in [0.25, 0.3) is 5.91 Å². The maximum atomic E-state index is 12.8. The van der Waals surface area contributed by atoms with Gasteiger partial charge in [-0.2, -0.15) is 13.2 Å². The average molecular weight is 383 g/mol. The lowest BCUT2D eigenvalue weighted by atomic mass is 10.1. The number of nitrogens with one attached hydrogen (secondary N) is 2. The number of anilines is 1. The molecule has 0 saturated carbocycles. The predicted molar refractivity (Wildman–Crippen MR) is 86.7 cm³/mol. The summed E-state index contributed by atoms with van der Waals surface area (Å²) in [5.74, 6) is -3.25. The summed E-state index contributed by atoms with van der Waals surface area (Å²) < 4.78 is 38.5. The Morgan fingerprint density at radius 2 is 1.76 bits per heavy atom. The van der Waals surface area contributed by atoms with Gasteiger partial charge < -0.3 is 15.7 Å². The van der Waals surface area contributed by atoms with Crippen molar-refractivity contribution >= 4 is 35.1 Å². The van der Waals surface area contributed by atoms with Gasteiger partial charge in [0.05, 0.1) is 12.0 Å². The highest BCUT2D eigenvalue weighted by molar-refractivity contribution is 6.29. The molecule has 2 amide bonds. The first-order chi connectivity index (χ1) is 11.6. The fraction of sp³-hybridized carbons (Fsp3) is 0.400. The number of hydrogen-bond acceptors (Lipinski definition) is 3. The number of carboxylic acids is 1. The lowest BCUT2D eigenvalue weighted by Gasteiger charge is -2.12. The van der Waals surface area contributed by atoms with Crippen molar-refractivity contribution in [2.45, 2.75) is 26.4 Å². The first-order valence-electron chi connectivity index (χ1n) is 7.21. The van der Waals surface area contributed by atoms with Crippen LogP contribution >= 0.6 is 11.6 Å². The van der Waals surface area contributed by atoms with Gasteiger partial charge in [0.2, 0.25) is 5.91 Å². The van der Waals surface area contributed by atoms with Crippen LogP contribution in [0.3, 0.4) is 0 Å². The number of carbonyl (C=O) groups excluding carboxylic acids is 2. The van der Waals surface area contributed by atoms with Crippen molar-refractivity contribution in [2.24, 2.45) is 0 Å². The molecule has 1 aromatic rings. The van der Waals surface area contributed by atoms with Crippen LogP contribution in [-0.4, -0.2) is 35.3 Å². The third-order valence-corrected chi connectivity index (χ3v) is 2.79. The van der Waals surface area contributed by atoms with E-state index in [-0.39, 0.29) is 24.2 Å². The number of alkyl halides is 4. The van der Waals surface area contributed by atoms with Crippen molar-refractivity contribution in [2.75, 3.05) is 17.7 Å². The molecule has 0 aliphatic rings. The third kappa shape index (κ3) is 8.39. The smallest absolute Gasteiger partial charge is 0.416 e. The molecule has 0 aliphatic heterocycles. The summed E-state index contributed by atoms with van der Waals surface area (Å²) in [6.45, 7) is 3.76. The molecule has 0 bridgehead atoms. The number of halogens is 4. The van der Waals surface area contributed by atoms with E-state index in [0.29, 0.717) is 12.1 Å². The normalized spacial score (nSPS) is 10.3. The second-order valence-electron chi connectivity index (χ2n) is 4.38. The SMILES string of the molecule is CC.O=C(O)CCNC(=O)c1cc(NC(=O)CCl)cc(C(F)(F)F)c1. The van der Waals surface area contributed by atoms with Gasteiger partial charge in [0.1, 0.15) is 5.88 Å². The molecule has 10 heteroatoms. The van der Waals surface area contributed by atoms with E-state index in [1.807, 2.05) is 13.8 Å². The molecule has 0 heterocycles. The van der Waals surface area contributed by atoms with Gasteiger partial charge in [0, 0.05) is 17.8 Å². The monoisotopic (exact) mass is 382 g/mol. The van der Waals surface area contributed by atoms with E-state index < -0.39 is 35.4 Å². The zero-order valence-corrected chi connectivity index (χ0v) is 14.3. The van der Waals surface area contributed by atoms with Gasteiger partial charge in [-0.1, -0.05) is 13.8 Å². The number of rotatable bonds is 6. The number of benzene rings is 1. The minimum absolute atomic E-state index is 0.242. The standard InChI is InChI=1S/C13H12ClF3N2O4.C2H6/c14-6-10(20)19-9-4-7(3-8(5-9)13(15,16)17)12(23)18-2-1-11(21)22;1-2/h3-5H,1-2,6H2,(H,18,23)(H,19,20)(H,21,22);1-2H3. The third-order valence-electron chi connectivity index (χ3n) is 2.55. The molecule has 1 aromatic carbocycles. The first kappa shape index (κ1) is 22.7. The molecule has 1 rings (SSSR count). The van der Waals surface area contributed by atoms with E-state index in [9.17, 15) is 27.6 Å². The summed E-state index contributed by atoms with van der Waals surface area (Å²) in [6.07, 6.45) is -5.10. The van der Waals surface area contributed by atoms with E-state index in [1.165, 1.54) is 0 Å². The number of hydrogen-bond donors (Lipinski definition) is 3. The zero-order chi connectivity index (χ0) is 19.6. The Bertz CT molecular complexity index is 621. The fourth-order valence-electron chi connectivity index (χ4n) is 1.57. The summed E-state index contributed by atoms with van der Waals surface area (Å²) in [6, 6.07) is 2.31. The van der Waals surface area contributed by atoms with E-state index in [1.54, 1.807) is 0 Å². The maximum Gasteiger partial charge on any atom is 0.416 e. The molecule has 0 radical (unpaired) electrons. The molecule has 140 valence electrons. The molecule has 6 nitrogen and oxygen atoms in total. The maximum absolute atomic E-state index is 12.8. The van der Waals surface area contributed by atoms with Crippen LogP contribution in [-0.2, 0) is 15.8 Å². The molecule has 0 aromatic heterocycles. The highest BCUT2D eigenvalue weighted by atomic mass is 35.5. The summed E-state index contributed by atoms with van der Waals surface area (Å²) in [7, 11) is 0. The Kier molecular flexibility index (Phi) is 9.58. The summed E-state index contributed by atoms with van der Waals surface area (Å²) in [5, 5.41) is 12.8. The lowest BCUT2D eigenvalue weighted by molar-refractivity contribution is -0.138. The van der Waals surface area contributed by atoms with Crippen molar-refractivity contribution in [1.29, 1.82) is 0 Å². The summed E-state index contributed by atoms with van der Waals surface area (Å²) >= 11 is 5.26. The molecule has 0 spiro atoms. The second kappa shape index (κ2) is 10.5. The average Bonchev–Trinajstić information content (AvgIpc) is 2.55. The number of carboxylic acid groups (broad SMARTS) is 1. The van der Waals surface area contributed by atoms with E-state index in [4.69, 9.17) is 16.7 Å². The first-order valence-corrected chi connectivity index (χ1v) is 7.75. The van der Waals surface area contributed by atoms with Crippen LogP contribution in [0.4, 0.5) is 18.9 Å². The van der Waals surface area contributed by atoms with Crippen LogP contribution < -0.4 is 10.6 Å². The number of carbonyl (C=O) groups is 3. The van der Waals surface area contributed by atoms with Gasteiger partial charge in [-0.3, -0.25) is 14.4 Å². The Balaban J connectivity index is 0.00000277. The number of aliphatic carboxylic acids is 1. The fourth-order valence-corrected chi connectivity index (χ4v) is 1.64. The Labute approximate surface area is 147 Å². The molecular formula is C15H18ClF3N2O4. The number of amides is 2. The Morgan fingerprint density at radius 1 is 1.16 bits per heavy atom. The van der Waals surface area contributed by atoms with E-state index in [2.05, 4.69) is 10.6 Å². The van der Waals surface area contributed by atoms with Gasteiger partial charge >= 0.3 is 12.1 Å².